The van der Waals surface area contributed by atoms with Gasteiger partial charge in [0.25, 0.3) is 0 Å². The largest absolute Gasteiger partial charge is 0.336 e. The minimum Gasteiger partial charge on any atom is -0.336 e. The minimum atomic E-state index is -0.384. The van der Waals surface area contributed by atoms with E-state index in [-0.39, 0.29) is 11.7 Å². The van der Waals surface area contributed by atoms with Crippen LogP contribution in [-0.2, 0) is 6.54 Å². The Morgan fingerprint density at radius 1 is 1.40 bits per heavy atom. The number of thiazole rings is 1. The summed E-state index contributed by atoms with van der Waals surface area (Å²) in [6.45, 7) is 10.9. The average molecular weight is 361 g/mol. The lowest BCUT2D eigenvalue weighted by Crippen LogP contribution is -2.37. The highest BCUT2D eigenvalue weighted by molar-refractivity contribution is 7.15. The van der Waals surface area contributed by atoms with Crippen molar-refractivity contribution in [1.29, 1.82) is 0 Å². The van der Waals surface area contributed by atoms with Crippen molar-refractivity contribution in [3.8, 4) is 0 Å². The molecule has 0 spiro atoms. The SMILES string of the molecule is C=C(C)Nc1ncc(CN2CCCC(C(C)c3ncc(F)cn3)C2)s1. The summed E-state index contributed by atoms with van der Waals surface area (Å²) in [7, 11) is 0. The second-order valence-corrected chi connectivity index (χ2v) is 7.84. The lowest BCUT2D eigenvalue weighted by Gasteiger charge is -2.35. The van der Waals surface area contributed by atoms with E-state index in [1.807, 2.05) is 13.1 Å². The second kappa shape index (κ2) is 8.01. The van der Waals surface area contributed by atoms with E-state index in [2.05, 4.69) is 38.7 Å². The Hall–Kier alpha value is -1.86. The number of halogens is 1. The number of rotatable bonds is 6. The van der Waals surface area contributed by atoms with E-state index >= 15 is 0 Å². The first kappa shape index (κ1) is 17.9. The van der Waals surface area contributed by atoms with E-state index in [0.717, 1.165) is 49.1 Å². The van der Waals surface area contributed by atoms with E-state index in [4.69, 9.17) is 0 Å². The summed E-state index contributed by atoms with van der Waals surface area (Å²) in [6, 6.07) is 0. The molecular weight excluding hydrogens is 337 g/mol. The number of piperidine rings is 1. The molecule has 2 unspecified atom stereocenters. The fraction of sp³-hybridized carbons (Fsp3) is 0.500. The molecule has 0 amide bonds. The first-order valence-corrected chi connectivity index (χ1v) is 9.40. The van der Waals surface area contributed by atoms with Gasteiger partial charge in [-0.05, 0) is 32.2 Å². The molecule has 3 rings (SSSR count). The standard InChI is InChI=1S/C18H24FN5S/c1-12(2)23-18-22-9-16(25-18)11-24-6-4-5-14(10-24)13(3)17-20-7-15(19)8-21-17/h7-9,13-14H,1,4-6,10-11H2,2-3H3,(H,22,23). The Morgan fingerprint density at radius 3 is 2.88 bits per heavy atom. The van der Waals surface area contributed by atoms with Gasteiger partial charge in [0.05, 0.1) is 12.4 Å². The fourth-order valence-corrected chi connectivity index (χ4v) is 4.18. The first-order chi connectivity index (χ1) is 12.0. The molecule has 1 fully saturated rings. The molecule has 0 radical (unpaired) electrons. The molecular formula is C18H24FN5S. The van der Waals surface area contributed by atoms with Gasteiger partial charge in [-0.15, -0.1) is 11.3 Å². The highest BCUT2D eigenvalue weighted by atomic mass is 32.1. The molecule has 1 N–H and O–H groups in total. The summed E-state index contributed by atoms with van der Waals surface area (Å²) >= 11 is 1.67. The van der Waals surface area contributed by atoms with Gasteiger partial charge in [0.2, 0.25) is 0 Å². The van der Waals surface area contributed by atoms with Crippen molar-refractivity contribution in [2.45, 2.75) is 39.2 Å². The molecule has 0 aromatic carbocycles. The third kappa shape index (κ3) is 4.83. The summed E-state index contributed by atoms with van der Waals surface area (Å²) in [5.74, 6) is 1.07. The zero-order valence-electron chi connectivity index (χ0n) is 14.7. The quantitative estimate of drug-likeness (QED) is 0.842. The second-order valence-electron chi connectivity index (χ2n) is 6.72. The maximum absolute atomic E-state index is 13.0. The number of nitrogens with zero attached hydrogens (tertiary/aromatic N) is 4. The number of anilines is 1. The number of nitrogens with one attached hydrogen (secondary N) is 1. The van der Waals surface area contributed by atoms with Crippen molar-refractivity contribution in [2.75, 3.05) is 18.4 Å². The van der Waals surface area contributed by atoms with Crippen LogP contribution in [-0.4, -0.2) is 32.9 Å². The Labute approximate surface area is 152 Å². The zero-order chi connectivity index (χ0) is 17.8. The Bertz CT molecular complexity index is 715. The highest BCUT2D eigenvalue weighted by Crippen LogP contribution is 2.31. The normalized spacial score (nSPS) is 19.6. The van der Waals surface area contributed by atoms with Crippen molar-refractivity contribution in [3.63, 3.8) is 0 Å². The number of allylic oxidation sites excluding steroid dienone is 1. The summed E-state index contributed by atoms with van der Waals surface area (Å²) in [5.41, 5.74) is 0.895. The lowest BCUT2D eigenvalue weighted by molar-refractivity contribution is 0.152. The summed E-state index contributed by atoms with van der Waals surface area (Å²) in [4.78, 5) is 16.4. The maximum Gasteiger partial charge on any atom is 0.187 e. The Balaban J connectivity index is 1.60. The third-order valence-electron chi connectivity index (χ3n) is 4.55. The van der Waals surface area contributed by atoms with Crippen LogP contribution >= 0.6 is 11.3 Å². The Morgan fingerprint density at radius 2 is 2.16 bits per heavy atom. The van der Waals surface area contributed by atoms with Crippen LogP contribution in [0.2, 0.25) is 0 Å². The molecule has 2 aromatic heterocycles. The van der Waals surface area contributed by atoms with Gasteiger partial charge in [-0.3, -0.25) is 4.90 Å². The Kier molecular flexibility index (Phi) is 5.75. The van der Waals surface area contributed by atoms with Gasteiger partial charge >= 0.3 is 0 Å². The topological polar surface area (TPSA) is 53.9 Å². The van der Waals surface area contributed by atoms with Crippen LogP contribution in [0.1, 0.15) is 43.3 Å². The molecule has 1 aliphatic heterocycles. The average Bonchev–Trinajstić information content (AvgIpc) is 3.01. The molecule has 0 aliphatic carbocycles. The van der Waals surface area contributed by atoms with Gasteiger partial charge in [0.1, 0.15) is 5.82 Å². The smallest absolute Gasteiger partial charge is 0.187 e. The number of aromatic nitrogens is 3. The molecule has 25 heavy (non-hydrogen) atoms. The number of hydrogen-bond acceptors (Lipinski definition) is 6. The van der Waals surface area contributed by atoms with Gasteiger partial charge < -0.3 is 5.32 Å². The van der Waals surface area contributed by atoms with Crippen molar-refractivity contribution in [2.24, 2.45) is 5.92 Å². The van der Waals surface area contributed by atoms with Crippen molar-refractivity contribution < 1.29 is 4.39 Å². The van der Waals surface area contributed by atoms with Crippen LogP contribution in [0, 0.1) is 11.7 Å². The molecule has 0 saturated carbocycles. The molecule has 7 heteroatoms. The summed E-state index contributed by atoms with van der Waals surface area (Å²) < 4.78 is 13.0. The summed E-state index contributed by atoms with van der Waals surface area (Å²) in [5, 5.41) is 4.06. The zero-order valence-corrected chi connectivity index (χ0v) is 15.5. The molecule has 134 valence electrons. The van der Waals surface area contributed by atoms with Crippen molar-refractivity contribution >= 4 is 16.5 Å². The minimum absolute atomic E-state index is 0.227. The van der Waals surface area contributed by atoms with Gasteiger partial charge in [-0.1, -0.05) is 13.5 Å². The summed E-state index contributed by atoms with van der Waals surface area (Å²) in [6.07, 6.45) is 6.77. The van der Waals surface area contributed by atoms with Crippen molar-refractivity contribution in [1.82, 2.24) is 19.9 Å². The fourth-order valence-electron chi connectivity index (χ4n) is 3.25. The number of hydrogen-bond donors (Lipinski definition) is 1. The number of likely N-dealkylation sites (tertiary alicyclic amines) is 1. The van der Waals surface area contributed by atoms with Gasteiger partial charge in [0, 0.05) is 35.8 Å². The van der Waals surface area contributed by atoms with Gasteiger partial charge in [-0.25, -0.2) is 19.3 Å². The van der Waals surface area contributed by atoms with E-state index in [1.54, 1.807) is 11.3 Å². The monoisotopic (exact) mass is 361 g/mol. The van der Waals surface area contributed by atoms with Gasteiger partial charge in [-0.2, -0.15) is 0 Å². The molecule has 2 aromatic rings. The molecule has 1 saturated heterocycles. The highest BCUT2D eigenvalue weighted by Gasteiger charge is 2.27. The molecule has 0 bridgehead atoms. The van der Waals surface area contributed by atoms with E-state index < -0.39 is 0 Å². The van der Waals surface area contributed by atoms with Crippen LogP contribution in [0.15, 0.2) is 30.9 Å². The van der Waals surface area contributed by atoms with Crippen molar-refractivity contribution in [3.05, 3.63) is 47.4 Å². The van der Waals surface area contributed by atoms with Crippen LogP contribution in [0.25, 0.3) is 0 Å². The lowest BCUT2D eigenvalue weighted by atomic mass is 9.86. The first-order valence-electron chi connectivity index (χ1n) is 8.58. The van der Waals surface area contributed by atoms with Crippen LogP contribution in [0.4, 0.5) is 9.52 Å². The molecule has 2 atom stereocenters. The molecule has 5 nitrogen and oxygen atoms in total. The van der Waals surface area contributed by atoms with Gasteiger partial charge in [0.15, 0.2) is 10.9 Å². The van der Waals surface area contributed by atoms with Crippen LogP contribution in [0.5, 0.6) is 0 Å². The predicted molar refractivity (Wildman–Crippen MR) is 99.0 cm³/mol. The molecule has 3 heterocycles. The van der Waals surface area contributed by atoms with E-state index in [9.17, 15) is 4.39 Å². The van der Waals surface area contributed by atoms with Crippen LogP contribution in [0.3, 0.4) is 0 Å². The van der Waals surface area contributed by atoms with Crippen LogP contribution < -0.4 is 5.32 Å². The third-order valence-corrected chi connectivity index (χ3v) is 5.45. The van der Waals surface area contributed by atoms with E-state index in [1.165, 1.54) is 17.3 Å². The van der Waals surface area contributed by atoms with E-state index in [0.29, 0.717) is 5.92 Å². The molecule has 1 aliphatic rings. The maximum atomic E-state index is 13.0. The predicted octanol–water partition coefficient (Wildman–Crippen LogP) is 4.03.